The first-order valence-electron chi connectivity index (χ1n) is 4.15. The summed E-state index contributed by atoms with van der Waals surface area (Å²) in [5.41, 5.74) is 1.01. The van der Waals surface area contributed by atoms with Crippen molar-refractivity contribution in [1.82, 2.24) is 0 Å². The van der Waals surface area contributed by atoms with Crippen molar-refractivity contribution in [2.24, 2.45) is 0 Å². The predicted octanol–water partition coefficient (Wildman–Crippen LogP) is 3.02. The fourth-order valence-corrected chi connectivity index (χ4v) is 0.996. The summed E-state index contributed by atoms with van der Waals surface area (Å²) < 4.78 is 0. The number of allylic oxidation sites excluding steroid dienone is 1. The molecule has 1 rings (SSSR count). The van der Waals surface area contributed by atoms with Crippen LogP contribution in [-0.4, -0.2) is 4.92 Å². The van der Waals surface area contributed by atoms with E-state index >= 15 is 0 Å². The topological polar surface area (TPSA) is 43.1 Å². The zero-order valence-electron chi connectivity index (χ0n) is 7.43. The fraction of sp³-hybridized carbons (Fsp3) is 0.200. The van der Waals surface area contributed by atoms with Crippen molar-refractivity contribution in [2.75, 3.05) is 0 Å². The number of hydrogen-bond acceptors (Lipinski definition) is 2. The monoisotopic (exact) mass is 177 g/mol. The molecule has 0 radical (unpaired) electrons. The lowest BCUT2D eigenvalue weighted by Gasteiger charge is -1.93. The average Bonchev–Trinajstić information content (AvgIpc) is 2.15. The third kappa shape index (κ3) is 2.71. The maximum Gasteiger partial charge on any atom is 0.270 e. The van der Waals surface area contributed by atoms with Crippen LogP contribution in [0.3, 0.4) is 0 Å². The number of nitro groups is 1. The number of nitrogens with zero attached hydrogens (tertiary/aromatic N) is 1. The molecule has 0 bridgehead atoms. The number of benzene rings is 1. The summed E-state index contributed by atoms with van der Waals surface area (Å²) in [6.07, 6.45) is 4.79. The molecule has 68 valence electrons. The summed E-state index contributed by atoms with van der Waals surface area (Å²) in [5.74, 6) is 0. The molecule has 0 aliphatic carbocycles. The summed E-state index contributed by atoms with van der Waals surface area (Å²) >= 11 is 0. The van der Waals surface area contributed by atoms with Crippen molar-refractivity contribution < 1.29 is 4.92 Å². The van der Waals surface area contributed by atoms with Gasteiger partial charge in [-0.1, -0.05) is 31.2 Å². The van der Waals surface area contributed by atoms with E-state index in [9.17, 15) is 10.1 Å². The number of nitro benzene ring substituents is 1. The Balaban J connectivity index is 2.92. The Hall–Kier alpha value is -1.64. The maximum atomic E-state index is 10.4. The highest BCUT2D eigenvalue weighted by Gasteiger charge is 2.02. The van der Waals surface area contributed by atoms with E-state index in [1.807, 2.05) is 25.1 Å². The van der Waals surface area contributed by atoms with Gasteiger partial charge in [-0.2, -0.15) is 0 Å². The van der Waals surface area contributed by atoms with E-state index in [4.69, 9.17) is 0 Å². The van der Waals surface area contributed by atoms with E-state index in [1.54, 1.807) is 12.1 Å². The molecule has 0 aromatic heterocycles. The minimum Gasteiger partial charge on any atom is -0.258 e. The van der Waals surface area contributed by atoms with Crippen LogP contribution in [0.1, 0.15) is 18.9 Å². The highest BCUT2D eigenvalue weighted by atomic mass is 16.6. The lowest BCUT2D eigenvalue weighted by atomic mass is 10.2. The fourth-order valence-electron chi connectivity index (χ4n) is 0.996. The predicted molar refractivity (Wildman–Crippen MR) is 52.4 cm³/mol. The lowest BCUT2D eigenvalue weighted by Crippen LogP contribution is -1.87. The quantitative estimate of drug-likeness (QED) is 0.526. The first kappa shape index (κ1) is 9.45. The molecule has 0 N–H and O–H groups in total. The van der Waals surface area contributed by atoms with E-state index in [0.29, 0.717) is 0 Å². The zero-order valence-corrected chi connectivity index (χ0v) is 7.43. The molecule has 0 unspecified atom stereocenters. The van der Waals surface area contributed by atoms with Gasteiger partial charge in [-0.15, -0.1) is 0 Å². The van der Waals surface area contributed by atoms with Crippen molar-refractivity contribution >= 4 is 11.8 Å². The van der Waals surface area contributed by atoms with Gasteiger partial charge in [0.25, 0.3) is 5.69 Å². The highest BCUT2D eigenvalue weighted by molar-refractivity contribution is 5.53. The van der Waals surface area contributed by atoms with Gasteiger partial charge in [0.2, 0.25) is 0 Å². The summed E-state index contributed by atoms with van der Waals surface area (Å²) in [5, 5.41) is 10.4. The molecule has 1 aromatic rings. The molecular weight excluding hydrogens is 166 g/mol. The lowest BCUT2D eigenvalue weighted by molar-refractivity contribution is -0.384. The molecule has 0 aliphatic rings. The van der Waals surface area contributed by atoms with Crippen molar-refractivity contribution in [3.8, 4) is 0 Å². The first-order chi connectivity index (χ1) is 6.24. The summed E-state index contributed by atoms with van der Waals surface area (Å²) in [6.45, 7) is 2.02. The van der Waals surface area contributed by atoms with Gasteiger partial charge in [0, 0.05) is 12.1 Å². The van der Waals surface area contributed by atoms with E-state index in [0.717, 1.165) is 12.0 Å². The van der Waals surface area contributed by atoms with Crippen LogP contribution in [0.2, 0.25) is 0 Å². The number of non-ortho nitro benzene ring substituents is 1. The second-order valence-corrected chi connectivity index (χ2v) is 2.66. The minimum absolute atomic E-state index is 0.137. The Morgan fingerprint density at radius 2 is 2.31 bits per heavy atom. The molecule has 0 heterocycles. The molecule has 0 atom stereocenters. The summed E-state index contributed by atoms with van der Waals surface area (Å²) in [6, 6.07) is 6.59. The summed E-state index contributed by atoms with van der Waals surface area (Å²) in [7, 11) is 0. The van der Waals surface area contributed by atoms with Gasteiger partial charge in [-0.25, -0.2) is 0 Å². The molecule has 0 saturated carbocycles. The maximum absolute atomic E-state index is 10.4. The number of hydrogen-bond donors (Lipinski definition) is 0. The van der Waals surface area contributed by atoms with Crippen molar-refractivity contribution in [3.05, 3.63) is 46.0 Å². The molecule has 0 aliphatic heterocycles. The summed E-state index contributed by atoms with van der Waals surface area (Å²) in [4.78, 5) is 10.0. The Morgan fingerprint density at radius 3 is 2.92 bits per heavy atom. The van der Waals surface area contributed by atoms with Gasteiger partial charge >= 0.3 is 0 Å². The average molecular weight is 177 g/mol. The van der Waals surface area contributed by atoms with Crippen LogP contribution in [-0.2, 0) is 0 Å². The minimum atomic E-state index is -0.386. The smallest absolute Gasteiger partial charge is 0.258 e. The standard InChI is InChI=1S/C10H11NO2/c1-2-3-5-9-6-4-7-10(8-9)11(12)13/h3-8H,2H2,1H3. The van der Waals surface area contributed by atoms with Crippen LogP contribution in [0.25, 0.3) is 6.08 Å². The molecule has 0 fully saturated rings. The molecule has 0 amide bonds. The zero-order chi connectivity index (χ0) is 9.68. The van der Waals surface area contributed by atoms with Crippen LogP contribution in [0.4, 0.5) is 5.69 Å². The van der Waals surface area contributed by atoms with Crippen LogP contribution >= 0.6 is 0 Å². The van der Waals surface area contributed by atoms with Gasteiger partial charge in [0.1, 0.15) is 0 Å². The van der Waals surface area contributed by atoms with Crippen molar-refractivity contribution in [3.63, 3.8) is 0 Å². The molecular formula is C10H11NO2. The molecule has 1 aromatic carbocycles. The van der Waals surface area contributed by atoms with E-state index in [-0.39, 0.29) is 10.6 Å². The molecule has 13 heavy (non-hydrogen) atoms. The first-order valence-corrected chi connectivity index (χ1v) is 4.15. The molecule has 3 heteroatoms. The normalized spacial score (nSPS) is 10.5. The van der Waals surface area contributed by atoms with E-state index < -0.39 is 0 Å². The highest BCUT2D eigenvalue weighted by Crippen LogP contribution is 2.14. The second-order valence-electron chi connectivity index (χ2n) is 2.66. The Labute approximate surface area is 76.9 Å². The second kappa shape index (κ2) is 4.40. The van der Waals surface area contributed by atoms with Crippen LogP contribution < -0.4 is 0 Å². The van der Waals surface area contributed by atoms with Crippen LogP contribution in [0.5, 0.6) is 0 Å². The SMILES string of the molecule is CCC=Cc1cccc([N+](=O)[O-])c1. The largest absolute Gasteiger partial charge is 0.270 e. The Kier molecular flexibility index (Phi) is 3.20. The van der Waals surface area contributed by atoms with Crippen LogP contribution in [0, 0.1) is 10.1 Å². The Morgan fingerprint density at radius 1 is 1.54 bits per heavy atom. The third-order valence-corrected chi connectivity index (χ3v) is 1.63. The Bertz CT molecular complexity index is 331. The van der Waals surface area contributed by atoms with Gasteiger partial charge in [-0.05, 0) is 12.0 Å². The third-order valence-electron chi connectivity index (χ3n) is 1.63. The number of rotatable bonds is 3. The molecule has 0 saturated heterocycles. The van der Waals surface area contributed by atoms with Crippen molar-refractivity contribution in [1.29, 1.82) is 0 Å². The van der Waals surface area contributed by atoms with E-state index in [1.165, 1.54) is 6.07 Å². The van der Waals surface area contributed by atoms with Gasteiger partial charge in [0.15, 0.2) is 0 Å². The molecule has 0 spiro atoms. The molecule has 3 nitrogen and oxygen atoms in total. The van der Waals surface area contributed by atoms with E-state index in [2.05, 4.69) is 0 Å². The van der Waals surface area contributed by atoms with Gasteiger partial charge in [-0.3, -0.25) is 10.1 Å². The van der Waals surface area contributed by atoms with Gasteiger partial charge < -0.3 is 0 Å². The van der Waals surface area contributed by atoms with Crippen molar-refractivity contribution in [2.45, 2.75) is 13.3 Å². The van der Waals surface area contributed by atoms with Gasteiger partial charge in [0.05, 0.1) is 4.92 Å². The van der Waals surface area contributed by atoms with Crippen LogP contribution in [0.15, 0.2) is 30.3 Å².